The predicted octanol–water partition coefficient (Wildman–Crippen LogP) is -0.685. The summed E-state index contributed by atoms with van der Waals surface area (Å²) in [6, 6.07) is 0. The van der Waals surface area contributed by atoms with Gasteiger partial charge in [-0.25, -0.2) is 0 Å². The van der Waals surface area contributed by atoms with Crippen LogP contribution in [0.4, 0.5) is 0 Å². The molecule has 2 rings (SSSR count). The van der Waals surface area contributed by atoms with E-state index < -0.39 is 5.97 Å². The Kier molecular flexibility index (Phi) is 4.64. The first-order valence-electron chi connectivity index (χ1n) is 6.42. The topological polar surface area (TPSA) is 104 Å². The first-order chi connectivity index (χ1) is 9.50. The van der Waals surface area contributed by atoms with Crippen molar-refractivity contribution in [2.45, 2.75) is 12.8 Å². The number of carboxylic acid groups (broad SMARTS) is 1. The molecule has 0 aromatic heterocycles. The van der Waals surface area contributed by atoms with Gasteiger partial charge in [-0.2, -0.15) is 0 Å². The van der Waals surface area contributed by atoms with Gasteiger partial charge in [-0.3, -0.25) is 24.1 Å². The highest BCUT2D eigenvalue weighted by atomic mass is 32.2. The molecule has 0 spiro atoms. The summed E-state index contributed by atoms with van der Waals surface area (Å²) in [4.78, 5) is 46.5. The van der Waals surface area contributed by atoms with Gasteiger partial charge in [0.15, 0.2) is 0 Å². The highest BCUT2D eigenvalue weighted by molar-refractivity contribution is 8.00. The lowest BCUT2D eigenvalue weighted by atomic mass is 9.76. The van der Waals surface area contributed by atoms with E-state index in [0.29, 0.717) is 0 Å². The summed E-state index contributed by atoms with van der Waals surface area (Å²) in [6.07, 6.45) is 1.56. The van der Waals surface area contributed by atoms with Crippen LogP contribution in [-0.2, 0) is 19.2 Å². The van der Waals surface area contributed by atoms with Crippen LogP contribution in [0.5, 0.6) is 0 Å². The Labute approximate surface area is 120 Å². The third-order valence-corrected chi connectivity index (χ3v) is 4.47. The van der Waals surface area contributed by atoms with Gasteiger partial charge in [-0.05, 0) is 12.8 Å². The van der Waals surface area contributed by atoms with Crippen molar-refractivity contribution < 1.29 is 24.3 Å². The molecule has 0 unspecified atom stereocenters. The van der Waals surface area contributed by atoms with Crippen molar-refractivity contribution in [2.24, 2.45) is 11.8 Å². The van der Waals surface area contributed by atoms with E-state index >= 15 is 0 Å². The van der Waals surface area contributed by atoms with Gasteiger partial charge < -0.3 is 10.4 Å². The molecule has 20 heavy (non-hydrogen) atoms. The van der Waals surface area contributed by atoms with Gasteiger partial charge >= 0.3 is 5.97 Å². The standard InChI is InChI=1S/C12H16N2O5S/c15-9(5-20-6-10(16)17)13-3-4-14-11(18)7-1-2-8(7)12(14)19/h7-8H,1-6H2,(H,13,15)(H,16,17)/t7-,8+. The van der Waals surface area contributed by atoms with Crippen molar-refractivity contribution in [3.63, 3.8) is 0 Å². The largest absolute Gasteiger partial charge is 0.481 e. The van der Waals surface area contributed by atoms with E-state index in [1.54, 1.807) is 0 Å². The number of nitrogens with zero attached hydrogens (tertiary/aromatic N) is 1. The van der Waals surface area contributed by atoms with E-state index in [-0.39, 0.29) is 54.2 Å². The molecule has 1 saturated heterocycles. The molecular formula is C12H16N2O5S. The lowest BCUT2D eigenvalue weighted by Gasteiger charge is -2.24. The van der Waals surface area contributed by atoms with Crippen molar-refractivity contribution in [3.8, 4) is 0 Å². The number of carbonyl (C=O) groups is 4. The Morgan fingerprint density at radius 1 is 1.20 bits per heavy atom. The maximum Gasteiger partial charge on any atom is 0.313 e. The van der Waals surface area contributed by atoms with Crippen LogP contribution in [0.15, 0.2) is 0 Å². The number of hydrogen-bond donors (Lipinski definition) is 2. The van der Waals surface area contributed by atoms with Gasteiger partial charge in [0, 0.05) is 13.1 Å². The average molecular weight is 300 g/mol. The van der Waals surface area contributed by atoms with Crippen LogP contribution in [-0.4, -0.2) is 58.3 Å². The van der Waals surface area contributed by atoms with Gasteiger partial charge in [0.25, 0.3) is 0 Å². The van der Waals surface area contributed by atoms with Crippen LogP contribution >= 0.6 is 11.8 Å². The Balaban J connectivity index is 1.66. The SMILES string of the molecule is O=C(O)CSCC(=O)NCCN1C(=O)[C@H]2CC[C@H]2C1=O. The summed E-state index contributed by atoms with van der Waals surface area (Å²) in [5, 5.41) is 11.0. The molecule has 1 saturated carbocycles. The number of imide groups is 1. The minimum absolute atomic E-state index is 0.0550. The molecule has 2 fully saturated rings. The number of hydrogen-bond acceptors (Lipinski definition) is 5. The molecule has 8 heteroatoms. The summed E-state index contributed by atoms with van der Waals surface area (Å²) in [7, 11) is 0. The fraction of sp³-hybridized carbons (Fsp3) is 0.667. The van der Waals surface area contributed by atoms with Crippen molar-refractivity contribution >= 4 is 35.5 Å². The molecule has 1 aliphatic heterocycles. The quantitative estimate of drug-likeness (QED) is 0.604. The monoisotopic (exact) mass is 300 g/mol. The number of fused-ring (bicyclic) bond motifs is 1. The molecule has 1 heterocycles. The number of nitrogens with one attached hydrogen (secondary N) is 1. The molecule has 0 bridgehead atoms. The van der Waals surface area contributed by atoms with Crippen LogP contribution in [0.2, 0.25) is 0 Å². The third-order valence-electron chi connectivity index (χ3n) is 3.56. The van der Waals surface area contributed by atoms with Crippen molar-refractivity contribution in [1.82, 2.24) is 10.2 Å². The molecule has 3 amide bonds. The van der Waals surface area contributed by atoms with Crippen molar-refractivity contribution in [1.29, 1.82) is 0 Å². The second-order valence-electron chi connectivity index (χ2n) is 4.85. The van der Waals surface area contributed by atoms with E-state index in [2.05, 4.69) is 5.32 Å². The summed E-state index contributed by atoms with van der Waals surface area (Å²) < 4.78 is 0. The van der Waals surface area contributed by atoms with E-state index in [1.807, 2.05) is 0 Å². The molecule has 0 aromatic rings. The van der Waals surface area contributed by atoms with Crippen LogP contribution < -0.4 is 5.32 Å². The number of rotatable bonds is 7. The minimum atomic E-state index is -0.966. The predicted molar refractivity (Wildman–Crippen MR) is 70.9 cm³/mol. The number of carboxylic acids is 1. The van der Waals surface area contributed by atoms with E-state index in [0.717, 1.165) is 24.6 Å². The zero-order chi connectivity index (χ0) is 14.7. The Morgan fingerprint density at radius 3 is 2.30 bits per heavy atom. The third kappa shape index (κ3) is 3.12. The van der Waals surface area contributed by atoms with Crippen LogP contribution in [0, 0.1) is 11.8 Å². The minimum Gasteiger partial charge on any atom is -0.481 e. The Bertz CT molecular complexity index is 431. The van der Waals surface area contributed by atoms with Gasteiger partial charge in [0.2, 0.25) is 17.7 Å². The van der Waals surface area contributed by atoms with Crippen LogP contribution in [0.3, 0.4) is 0 Å². The maximum absolute atomic E-state index is 11.8. The Morgan fingerprint density at radius 2 is 1.80 bits per heavy atom. The van der Waals surface area contributed by atoms with E-state index in [4.69, 9.17) is 5.11 Å². The summed E-state index contributed by atoms with van der Waals surface area (Å²) >= 11 is 1.00. The van der Waals surface area contributed by atoms with E-state index in [1.165, 1.54) is 4.90 Å². The summed E-state index contributed by atoms with van der Waals surface area (Å²) in [5.74, 6) is -1.85. The van der Waals surface area contributed by atoms with E-state index in [9.17, 15) is 19.2 Å². The van der Waals surface area contributed by atoms with Gasteiger partial charge in [-0.1, -0.05) is 0 Å². The van der Waals surface area contributed by atoms with Crippen LogP contribution in [0.25, 0.3) is 0 Å². The number of amides is 3. The van der Waals surface area contributed by atoms with Gasteiger partial charge in [0.1, 0.15) is 0 Å². The zero-order valence-electron chi connectivity index (χ0n) is 10.8. The van der Waals surface area contributed by atoms with Gasteiger partial charge in [-0.15, -0.1) is 11.8 Å². The zero-order valence-corrected chi connectivity index (χ0v) is 11.6. The molecule has 0 radical (unpaired) electrons. The smallest absolute Gasteiger partial charge is 0.313 e. The van der Waals surface area contributed by atoms with Crippen molar-refractivity contribution in [3.05, 3.63) is 0 Å². The average Bonchev–Trinajstić information content (AvgIpc) is 2.46. The highest BCUT2D eigenvalue weighted by Gasteiger charge is 2.52. The second kappa shape index (κ2) is 6.25. The molecule has 1 aliphatic carbocycles. The number of likely N-dealkylation sites (tertiary alicyclic amines) is 1. The molecule has 7 nitrogen and oxygen atoms in total. The number of thioether (sulfide) groups is 1. The molecule has 2 aliphatic rings. The van der Waals surface area contributed by atoms with Gasteiger partial charge in [0.05, 0.1) is 23.3 Å². The fourth-order valence-electron chi connectivity index (χ4n) is 2.41. The Hall–Kier alpha value is -1.57. The maximum atomic E-state index is 11.8. The second-order valence-corrected chi connectivity index (χ2v) is 5.84. The normalized spacial score (nSPS) is 24.3. The molecule has 110 valence electrons. The molecule has 2 N–H and O–H groups in total. The fourth-order valence-corrected chi connectivity index (χ4v) is 2.97. The first kappa shape index (κ1) is 14.8. The molecular weight excluding hydrogens is 284 g/mol. The summed E-state index contributed by atoms with van der Waals surface area (Å²) in [5.41, 5.74) is 0. The highest BCUT2D eigenvalue weighted by Crippen LogP contribution is 2.42. The summed E-state index contributed by atoms with van der Waals surface area (Å²) in [6.45, 7) is 0.406. The first-order valence-corrected chi connectivity index (χ1v) is 7.57. The lowest BCUT2D eigenvalue weighted by Crippen LogP contribution is -2.39. The molecule has 0 aromatic carbocycles. The number of carbonyl (C=O) groups excluding carboxylic acids is 3. The lowest BCUT2D eigenvalue weighted by molar-refractivity contribution is -0.139. The molecule has 2 atom stereocenters. The van der Waals surface area contributed by atoms with Crippen LogP contribution in [0.1, 0.15) is 12.8 Å². The number of aliphatic carboxylic acids is 1. The van der Waals surface area contributed by atoms with Crippen molar-refractivity contribution in [2.75, 3.05) is 24.6 Å².